The van der Waals surface area contributed by atoms with Crippen LogP contribution in [0.15, 0.2) is 54.9 Å². The Balaban J connectivity index is 2.14. The molecular weight excluding hydrogens is 234 g/mol. The van der Waals surface area contributed by atoms with Gasteiger partial charge >= 0.3 is 0 Å². The van der Waals surface area contributed by atoms with Crippen molar-refractivity contribution in [3.8, 4) is 0 Å². The summed E-state index contributed by atoms with van der Waals surface area (Å²) in [5.41, 5.74) is 9.28. The Labute approximate surface area is 112 Å². The first-order valence-electron chi connectivity index (χ1n) is 6.27. The van der Waals surface area contributed by atoms with Crippen molar-refractivity contribution in [1.29, 1.82) is 0 Å². The van der Waals surface area contributed by atoms with Crippen molar-refractivity contribution in [2.75, 3.05) is 0 Å². The van der Waals surface area contributed by atoms with Crippen LogP contribution < -0.4 is 5.73 Å². The van der Waals surface area contributed by atoms with Gasteiger partial charge in [-0.2, -0.15) is 0 Å². The van der Waals surface area contributed by atoms with E-state index in [-0.39, 0.29) is 6.04 Å². The van der Waals surface area contributed by atoms with E-state index in [0.29, 0.717) is 0 Å². The molecule has 2 N–H and O–H groups in total. The molecule has 0 aliphatic heterocycles. The standard InChI is InChI=1S/C16H15N3/c1-11-4-2-7-15(19-11)16(17)13-6-3-5-12-8-9-18-10-14(12)13/h2-10,16H,17H2,1H3. The zero-order valence-electron chi connectivity index (χ0n) is 10.7. The molecule has 3 nitrogen and oxygen atoms in total. The maximum Gasteiger partial charge on any atom is 0.0733 e. The quantitative estimate of drug-likeness (QED) is 0.759. The molecule has 0 bridgehead atoms. The van der Waals surface area contributed by atoms with E-state index in [4.69, 9.17) is 5.73 Å². The number of nitrogens with zero attached hydrogens (tertiary/aromatic N) is 2. The smallest absolute Gasteiger partial charge is 0.0733 e. The lowest BCUT2D eigenvalue weighted by Gasteiger charge is -2.14. The van der Waals surface area contributed by atoms with Gasteiger partial charge in [0.05, 0.1) is 11.7 Å². The third kappa shape index (κ3) is 2.20. The Hall–Kier alpha value is -2.26. The summed E-state index contributed by atoms with van der Waals surface area (Å²) in [6.07, 6.45) is 3.66. The number of pyridine rings is 2. The van der Waals surface area contributed by atoms with Gasteiger partial charge in [-0.05, 0) is 36.1 Å². The van der Waals surface area contributed by atoms with Gasteiger partial charge in [-0.25, -0.2) is 0 Å². The maximum absolute atomic E-state index is 6.36. The van der Waals surface area contributed by atoms with Crippen molar-refractivity contribution < 1.29 is 0 Å². The van der Waals surface area contributed by atoms with Gasteiger partial charge in [0.25, 0.3) is 0 Å². The summed E-state index contributed by atoms with van der Waals surface area (Å²) in [4.78, 5) is 8.70. The van der Waals surface area contributed by atoms with E-state index >= 15 is 0 Å². The highest BCUT2D eigenvalue weighted by Crippen LogP contribution is 2.25. The molecule has 0 aliphatic rings. The highest BCUT2D eigenvalue weighted by Gasteiger charge is 2.13. The molecule has 19 heavy (non-hydrogen) atoms. The van der Waals surface area contributed by atoms with E-state index in [0.717, 1.165) is 27.7 Å². The van der Waals surface area contributed by atoms with Crippen LogP contribution in [0.2, 0.25) is 0 Å². The Bertz CT molecular complexity index is 717. The van der Waals surface area contributed by atoms with E-state index in [1.807, 2.05) is 49.5 Å². The van der Waals surface area contributed by atoms with E-state index < -0.39 is 0 Å². The highest BCUT2D eigenvalue weighted by atomic mass is 14.8. The van der Waals surface area contributed by atoms with Crippen LogP contribution in [0.1, 0.15) is 23.0 Å². The summed E-state index contributed by atoms with van der Waals surface area (Å²) >= 11 is 0. The molecule has 0 amide bonds. The minimum absolute atomic E-state index is 0.229. The fraction of sp³-hybridized carbons (Fsp3) is 0.125. The van der Waals surface area contributed by atoms with Crippen LogP contribution >= 0.6 is 0 Å². The first-order valence-corrected chi connectivity index (χ1v) is 6.27. The minimum atomic E-state index is -0.229. The molecule has 0 radical (unpaired) electrons. The van der Waals surface area contributed by atoms with Gasteiger partial charge in [0.1, 0.15) is 0 Å². The molecule has 1 unspecified atom stereocenters. The van der Waals surface area contributed by atoms with Crippen molar-refractivity contribution in [1.82, 2.24) is 9.97 Å². The van der Waals surface area contributed by atoms with Gasteiger partial charge < -0.3 is 5.73 Å². The average molecular weight is 249 g/mol. The molecule has 0 spiro atoms. The van der Waals surface area contributed by atoms with Gasteiger partial charge in [-0.1, -0.05) is 24.3 Å². The van der Waals surface area contributed by atoms with Gasteiger partial charge in [0, 0.05) is 23.5 Å². The molecule has 3 aromatic rings. The molecule has 2 aromatic heterocycles. The van der Waals surface area contributed by atoms with Crippen molar-refractivity contribution in [2.45, 2.75) is 13.0 Å². The SMILES string of the molecule is Cc1cccc(C(N)c2cccc3ccncc23)n1. The molecular formula is C16H15N3. The number of aromatic nitrogens is 2. The molecule has 94 valence electrons. The van der Waals surface area contributed by atoms with Crippen molar-refractivity contribution in [3.63, 3.8) is 0 Å². The van der Waals surface area contributed by atoms with Crippen LogP contribution in [0.3, 0.4) is 0 Å². The van der Waals surface area contributed by atoms with Gasteiger partial charge in [-0.15, -0.1) is 0 Å². The number of nitrogens with two attached hydrogens (primary N) is 1. The Kier molecular flexibility index (Phi) is 2.97. The molecule has 3 rings (SSSR count). The number of rotatable bonds is 2. The van der Waals surface area contributed by atoms with Crippen LogP contribution in [-0.4, -0.2) is 9.97 Å². The second kappa shape index (κ2) is 4.78. The summed E-state index contributed by atoms with van der Waals surface area (Å²) < 4.78 is 0. The van der Waals surface area contributed by atoms with E-state index in [1.54, 1.807) is 6.20 Å². The molecule has 3 heteroatoms. The van der Waals surface area contributed by atoms with E-state index in [1.165, 1.54) is 0 Å². The van der Waals surface area contributed by atoms with Crippen LogP contribution in [0.5, 0.6) is 0 Å². The number of fused-ring (bicyclic) bond motifs is 1. The van der Waals surface area contributed by atoms with Crippen LogP contribution in [0.25, 0.3) is 10.8 Å². The molecule has 2 heterocycles. The Morgan fingerprint density at radius 3 is 2.74 bits per heavy atom. The predicted molar refractivity (Wildman–Crippen MR) is 76.7 cm³/mol. The van der Waals surface area contributed by atoms with Crippen molar-refractivity contribution >= 4 is 10.8 Å². The monoisotopic (exact) mass is 249 g/mol. The summed E-state index contributed by atoms with van der Waals surface area (Å²) in [6.45, 7) is 1.97. The first kappa shape index (κ1) is 11.8. The first-order chi connectivity index (χ1) is 9.25. The third-order valence-electron chi connectivity index (χ3n) is 3.28. The number of hydrogen-bond acceptors (Lipinski definition) is 3. The molecule has 1 aromatic carbocycles. The molecule has 0 fully saturated rings. The maximum atomic E-state index is 6.36. The van der Waals surface area contributed by atoms with Crippen molar-refractivity contribution in [3.05, 3.63) is 71.8 Å². The normalized spacial score (nSPS) is 12.5. The van der Waals surface area contributed by atoms with Crippen LogP contribution in [-0.2, 0) is 0 Å². The van der Waals surface area contributed by atoms with E-state index in [2.05, 4.69) is 16.0 Å². The lowest BCUT2D eigenvalue weighted by atomic mass is 9.98. The molecule has 0 saturated carbocycles. The molecule has 0 saturated heterocycles. The zero-order valence-corrected chi connectivity index (χ0v) is 10.7. The average Bonchev–Trinajstić information content (AvgIpc) is 2.46. The highest BCUT2D eigenvalue weighted by molar-refractivity contribution is 5.85. The Morgan fingerprint density at radius 2 is 1.89 bits per heavy atom. The van der Waals surface area contributed by atoms with Gasteiger partial charge in [-0.3, -0.25) is 9.97 Å². The largest absolute Gasteiger partial charge is 0.319 e. The predicted octanol–water partition coefficient (Wildman–Crippen LogP) is 2.99. The van der Waals surface area contributed by atoms with Gasteiger partial charge in [0.2, 0.25) is 0 Å². The summed E-state index contributed by atoms with van der Waals surface area (Å²) in [5.74, 6) is 0. The van der Waals surface area contributed by atoms with E-state index in [9.17, 15) is 0 Å². The molecule has 0 aliphatic carbocycles. The molecule has 1 atom stereocenters. The lowest BCUT2D eigenvalue weighted by molar-refractivity contribution is 0.828. The fourth-order valence-electron chi connectivity index (χ4n) is 2.30. The van der Waals surface area contributed by atoms with Gasteiger partial charge in [0.15, 0.2) is 0 Å². The summed E-state index contributed by atoms with van der Waals surface area (Å²) in [7, 11) is 0. The summed E-state index contributed by atoms with van der Waals surface area (Å²) in [6, 6.07) is 13.8. The minimum Gasteiger partial charge on any atom is -0.319 e. The van der Waals surface area contributed by atoms with Crippen LogP contribution in [0, 0.1) is 6.92 Å². The Morgan fingerprint density at radius 1 is 1.05 bits per heavy atom. The number of aryl methyl sites for hydroxylation is 1. The van der Waals surface area contributed by atoms with Crippen molar-refractivity contribution in [2.24, 2.45) is 5.73 Å². The summed E-state index contributed by atoms with van der Waals surface area (Å²) in [5, 5.41) is 2.23. The second-order valence-corrected chi connectivity index (χ2v) is 4.63. The zero-order chi connectivity index (χ0) is 13.2. The third-order valence-corrected chi connectivity index (χ3v) is 3.28. The topological polar surface area (TPSA) is 51.8 Å². The fourth-order valence-corrected chi connectivity index (χ4v) is 2.30. The number of benzene rings is 1. The second-order valence-electron chi connectivity index (χ2n) is 4.63. The van der Waals surface area contributed by atoms with Crippen LogP contribution in [0.4, 0.5) is 0 Å². The number of hydrogen-bond donors (Lipinski definition) is 1. The lowest BCUT2D eigenvalue weighted by Crippen LogP contribution is -2.14.